The van der Waals surface area contributed by atoms with Gasteiger partial charge in [0, 0.05) is 11.6 Å². The third-order valence-electron chi connectivity index (χ3n) is 2.68. The second-order valence-corrected chi connectivity index (χ2v) is 4.68. The second kappa shape index (κ2) is 6.06. The number of amides is 1. The SMILES string of the molecule is CC1=CC(CNC(=O)C(C)CO)=C(Cl)CC1. The predicted molar refractivity (Wildman–Crippen MR) is 65.1 cm³/mol. The summed E-state index contributed by atoms with van der Waals surface area (Å²) in [6.07, 6.45) is 3.86. The van der Waals surface area contributed by atoms with Crippen LogP contribution in [0.4, 0.5) is 0 Å². The maximum atomic E-state index is 11.4. The number of aliphatic hydroxyl groups is 1. The molecule has 1 aliphatic carbocycles. The van der Waals surface area contributed by atoms with Gasteiger partial charge < -0.3 is 10.4 Å². The minimum Gasteiger partial charge on any atom is -0.396 e. The lowest BCUT2D eigenvalue weighted by Crippen LogP contribution is -2.32. The van der Waals surface area contributed by atoms with E-state index in [-0.39, 0.29) is 18.4 Å². The zero-order valence-electron chi connectivity index (χ0n) is 9.72. The van der Waals surface area contributed by atoms with Gasteiger partial charge in [0.25, 0.3) is 0 Å². The highest BCUT2D eigenvalue weighted by molar-refractivity contribution is 6.30. The van der Waals surface area contributed by atoms with E-state index in [2.05, 4.69) is 12.2 Å². The first-order valence-corrected chi connectivity index (χ1v) is 5.85. The van der Waals surface area contributed by atoms with Gasteiger partial charge >= 0.3 is 0 Å². The van der Waals surface area contributed by atoms with E-state index in [1.165, 1.54) is 5.57 Å². The van der Waals surface area contributed by atoms with E-state index in [0.717, 1.165) is 23.4 Å². The lowest BCUT2D eigenvalue weighted by molar-refractivity contribution is -0.125. The maximum Gasteiger partial charge on any atom is 0.225 e. The molecule has 0 saturated carbocycles. The van der Waals surface area contributed by atoms with Crippen molar-refractivity contribution < 1.29 is 9.90 Å². The lowest BCUT2D eigenvalue weighted by Gasteiger charge is -2.16. The Bertz CT molecular complexity index is 334. The molecule has 1 amide bonds. The molecule has 0 spiro atoms. The van der Waals surface area contributed by atoms with Gasteiger partial charge in [-0.15, -0.1) is 0 Å². The van der Waals surface area contributed by atoms with Crippen LogP contribution in [0.3, 0.4) is 0 Å². The summed E-state index contributed by atoms with van der Waals surface area (Å²) in [6, 6.07) is 0. The Labute approximate surface area is 101 Å². The number of halogens is 1. The third kappa shape index (κ3) is 3.65. The molecule has 0 aromatic heterocycles. The quantitative estimate of drug-likeness (QED) is 0.793. The summed E-state index contributed by atoms with van der Waals surface area (Å²) < 4.78 is 0. The van der Waals surface area contributed by atoms with Gasteiger partial charge in [0.2, 0.25) is 5.91 Å². The van der Waals surface area contributed by atoms with Crippen LogP contribution in [0.25, 0.3) is 0 Å². The van der Waals surface area contributed by atoms with Crippen molar-refractivity contribution in [3.05, 3.63) is 22.3 Å². The number of carbonyl (C=O) groups excluding carboxylic acids is 1. The second-order valence-electron chi connectivity index (χ2n) is 4.22. The minimum atomic E-state index is -0.368. The monoisotopic (exact) mass is 243 g/mol. The number of nitrogens with one attached hydrogen (secondary N) is 1. The number of allylic oxidation sites excluding steroid dienone is 2. The van der Waals surface area contributed by atoms with Crippen LogP contribution in [0.1, 0.15) is 26.7 Å². The first kappa shape index (κ1) is 13.3. The van der Waals surface area contributed by atoms with E-state index in [1.807, 2.05) is 6.08 Å². The van der Waals surface area contributed by atoms with Crippen molar-refractivity contribution in [2.24, 2.45) is 5.92 Å². The largest absolute Gasteiger partial charge is 0.396 e. The molecule has 0 aromatic rings. The fraction of sp³-hybridized carbons (Fsp3) is 0.583. The van der Waals surface area contributed by atoms with E-state index in [9.17, 15) is 4.79 Å². The van der Waals surface area contributed by atoms with Crippen LogP contribution < -0.4 is 5.32 Å². The van der Waals surface area contributed by atoms with Crippen molar-refractivity contribution in [2.45, 2.75) is 26.7 Å². The molecule has 90 valence electrons. The Hall–Kier alpha value is -0.800. The Kier molecular flexibility index (Phi) is 5.03. The Morgan fingerprint density at radius 1 is 1.62 bits per heavy atom. The van der Waals surface area contributed by atoms with Gasteiger partial charge in [-0.3, -0.25) is 4.79 Å². The van der Waals surface area contributed by atoms with E-state index in [0.29, 0.717) is 6.54 Å². The summed E-state index contributed by atoms with van der Waals surface area (Å²) >= 11 is 6.08. The highest BCUT2D eigenvalue weighted by Crippen LogP contribution is 2.25. The van der Waals surface area contributed by atoms with Crippen molar-refractivity contribution in [1.82, 2.24) is 5.32 Å². The molecule has 0 aliphatic heterocycles. The molecule has 3 nitrogen and oxygen atoms in total. The van der Waals surface area contributed by atoms with Gasteiger partial charge in [-0.05, 0) is 25.3 Å². The van der Waals surface area contributed by atoms with Crippen LogP contribution in [-0.4, -0.2) is 24.2 Å². The molecule has 1 rings (SSSR count). The van der Waals surface area contributed by atoms with E-state index in [4.69, 9.17) is 16.7 Å². The van der Waals surface area contributed by atoms with Crippen LogP contribution in [0.5, 0.6) is 0 Å². The average molecular weight is 244 g/mol. The van der Waals surface area contributed by atoms with Crippen molar-refractivity contribution in [3.8, 4) is 0 Å². The Morgan fingerprint density at radius 2 is 2.31 bits per heavy atom. The zero-order chi connectivity index (χ0) is 12.1. The summed E-state index contributed by atoms with van der Waals surface area (Å²) in [6.45, 7) is 4.06. The molecule has 4 heteroatoms. The topological polar surface area (TPSA) is 49.3 Å². The van der Waals surface area contributed by atoms with Crippen LogP contribution in [0, 0.1) is 5.92 Å². The van der Waals surface area contributed by atoms with Crippen LogP contribution in [0.15, 0.2) is 22.3 Å². The fourth-order valence-electron chi connectivity index (χ4n) is 1.50. The van der Waals surface area contributed by atoms with E-state index >= 15 is 0 Å². The van der Waals surface area contributed by atoms with Gasteiger partial charge in [-0.2, -0.15) is 0 Å². The first-order chi connectivity index (χ1) is 7.54. The zero-order valence-corrected chi connectivity index (χ0v) is 10.5. The van der Waals surface area contributed by atoms with Gasteiger partial charge in [0.1, 0.15) is 0 Å². The molecule has 0 bridgehead atoms. The van der Waals surface area contributed by atoms with Crippen molar-refractivity contribution in [3.63, 3.8) is 0 Å². The van der Waals surface area contributed by atoms with Gasteiger partial charge in [-0.25, -0.2) is 0 Å². The first-order valence-electron chi connectivity index (χ1n) is 5.48. The number of hydrogen-bond acceptors (Lipinski definition) is 2. The fourth-order valence-corrected chi connectivity index (χ4v) is 1.72. The summed E-state index contributed by atoms with van der Waals surface area (Å²) in [5, 5.41) is 12.4. The summed E-state index contributed by atoms with van der Waals surface area (Å²) in [7, 11) is 0. The van der Waals surface area contributed by atoms with Crippen molar-refractivity contribution in [2.75, 3.05) is 13.2 Å². The van der Waals surface area contributed by atoms with Crippen LogP contribution in [0.2, 0.25) is 0 Å². The number of carbonyl (C=O) groups is 1. The molecule has 0 fully saturated rings. The predicted octanol–water partition coefficient (Wildman–Crippen LogP) is 1.96. The van der Waals surface area contributed by atoms with Crippen LogP contribution in [-0.2, 0) is 4.79 Å². The van der Waals surface area contributed by atoms with E-state index in [1.54, 1.807) is 6.92 Å². The number of hydrogen-bond donors (Lipinski definition) is 2. The average Bonchev–Trinajstić information content (AvgIpc) is 2.28. The normalized spacial score (nSPS) is 18.1. The maximum absolute atomic E-state index is 11.4. The summed E-state index contributed by atoms with van der Waals surface area (Å²) in [5.74, 6) is -0.510. The molecule has 0 heterocycles. The number of aliphatic hydroxyl groups excluding tert-OH is 1. The van der Waals surface area contributed by atoms with Gasteiger partial charge in [-0.1, -0.05) is 30.2 Å². The number of rotatable bonds is 4. The van der Waals surface area contributed by atoms with Gasteiger partial charge in [0.05, 0.1) is 12.5 Å². The Morgan fingerprint density at radius 3 is 2.94 bits per heavy atom. The molecule has 0 radical (unpaired) electrons. The van der Waals surface area contributed by atoms with Crippen molar-refractivity contribution in [1.29, 1.82) is 0 Å². The lowest BCUT2D eigenvalue weighted by atomic mass is 10.0. The minimum absolute atomic E-state index is 0.131. The van der Waals surface area contributed by atoms with Crippen LogP contribution >= 0.6 is 11.6 Å². The third-order valence-corrected chi connectivity index (χ3v) is 3.11. The molecule has 16 heavy (non-hydrogen) atoms. The highest BCUT2D eigenvalue weighted by Gasteiger charge is 2.13. The highest BCUT2D eigenvalue weighted by atomic mass is 35.5. The molecular weight excluding hydrogens is 226 g/mol. The molecule has 0 saturated heterocycles. The molecule has 1 atom stereocenters. The van der Waals surface area contributed by atoms with E-state index < -0.39 is 0 Å². The van der Waals surface area contributed by atoms with Gasteiger partial charge in [0.15, 0.2) is 0 Å². The molecular formula is C12H18ClNO2. The van der Waals surface area contributed by atoms with Crippen molar-refractivity contribution >= 4 is 17.5 Å². The Balaban J connectivity index is 2.52. The standard InChI is InChI=1S/C12H18ClNO2/c1-8-3-4-11(13)10(5-8)6-14-12(16)9(2)7-15/h5,9,15H,3-4,6-7H2,1-2H3,(H,14,16). The molecule has 1 unspecified atom stereocenters. The smallest absolute Gasteiger partial charge is 0.225 e. The molecule has 2 N–H and O–H groups in total. The summed E-state index contributed by atoms with van der Waals surface area (Å²) in [5.41, 5.74) is 2.26. The molecule has 0 aromatic carbocycles. The molecule has 1 aliphatic rings. The summed E-state index contributed by atoms with van der Waals surface area (Å²) in [4.78, 5) is 11.4.